The van der Waals surface area contributed by atoms with Gasteiger partial charge in [-0.2, -0.15) is 18.2 Å². The number of halogens is 3. The van der Waals surface area contributed by atoms with Gasteiger partial charge in [-0.25, -0.2) is 4.98 Å². The van der Waals surface area contributed by atoms with Gasteiger partial charge in [0.25, 0.3) is 0 Å². The van der Waals surface area contributed by atoms with Crippen LogP contribution in [0.25, 0.3) is 0 Å². The Kier molecular flexibility index (Phi) is 6.41. The third-order valence-electron chi connectivity index (χ3n) is 5.76. The molecular weight excluding hydrogens is 387 g/mol. The summed E-state index contributed by atoms with van der Waals surface area (Å²) in [7, 11) is 0. The first kappa shape index (κ1) is 20.6. The first-order valence-corrected chi connectivity index (χ1v) is 10.4. The Labute approximate surface area is 168 Å². The number of hydrogen-bond donors (Lipinski definition) is 2. The van der Waals surface area contributed by atoms with Crippen LogP contribution in [0.2, 0.25) is 0 Å². The van der Waals surface area contributed by atoms with E-state index < -0.39 is 23.7 Å². The molecule has 1 atom stereocenters. The van der Waals surface area contributed by atoms with Crippen molar-refractivity contribution in [1.82, 2.24) is 20.2 Å². The zero-order chi connectivity index (χ0) is 20.3. The lowest BCUT2D eigenvalue weighted by Crippen LogP contribution is -2.45. The minimum Gasteiger partial charge on any atom is -0.469 e. The van der Waals surface area contributed by atoms with Crippen molar-refractivity contribution in [3.8, 4) is 5.88 Å². The summed E-state index contributed by atoms with van der Waals surface area (Å²) in [4.78, 5) is 10.4. The summed E-state index contributed by atoms with van der Waals surface area (Å²) < 4.78 is 50.2. The molecule has 0 aromatic carbocycles. The summed E-state index contributed by atoms with van der Waals surface area (Å²) in [5.41, 5.74) is -0.953. The van der Waals surface area contributed by atoms with Crippen molar-refractivity contribution in [2.45, 2.75) is 44.0 Å². The van der Waals surface area contributed by atoms with Crippen LogP contribution in [-0.4, -0.2) is 73.0 Å². The lowest BCUT2D eigenvalue weighted by molar-refractivity contribution is -0.142. The second-order valence-electron chi connectivity index (χ2n) is 8.12. The van der Waals surface area contributed by atoms with Crippen LogP contribution >= 0.6 is 0 Å². The Bertz CT molecular complexity index is 680. The molecule has 0 amide bonds. The predicted octanol–water partition coefficient (Wildman–Crippen LogP) is 2.15. The SMILES string of the molecule is FC(F)(F)c1cnc(N[C@@H]2CCCN(CC3CCNCC3)C2)nc1OC1COC1. The Balaban J connectivity index is 1.39. The van der Waals surface area contributed by atoms with Gasteiger partial charge in [0, 0.05) is 25.3 Å². The minimum atomic E-state index is -4.56. The van der Waals surface area contributed by atoms with E-state index >= 15 is 0 Å². The van der Waals surface area contributed by atoms with Crippen LogP contribution in [0.15, 0.2) is 6.20 Å². The van der Waals surface area contributed by atoms with Crippen molar-refractivity contribution in [3.63, 3.8) is 0 Å². The molecule has 3 saturated heterocycles. The molecule has 4 rings (SSSR count). The number of ether oxygens (including phenoxy) is 2. The van der Waals surface area contributed by atoms with Crippen molar-refractivity contribution >= 4 is 5.95 Å². The van der Waals surface area contributed by atoms with Gasteiger partial charge >= 0.3 is 6.18 Å². The molecule has 3 aliphatic heterocycles. The molecule has 4 heterocycles. The van der Waals surface area contributed by atoms with Gasteiger partial charge in [0.1, 0.15) is 11.7 Å². The summed E-state index contributed by atoms with van der Waals surface area (Å²) in [6, 6.07) is 0.113. The van der Waals surface area contributed by atoms with E-state index in [1.165, 1.54) is 12.8 Å². The van der Waals surface area contributed by atoms with Crippen LogP contribution in [0.4, 0.5) is 19.1 Å². The first-order valence-electron chi connectivity index (χ1n) is 10.4. The van der Waals surface area contributed by atoms with Gasteiger partial charge in [0.15, 0.2) is 0 Å². The average molecular weight is 415 g/mol. The van der Waals surface area contributed by atoms with Gasteiger partial charge in [-0.1, -0.05) is 0 Å². The van der Waals surface area contributed by atoms with Crippen LogP contribution in [0.5, 0.6) is 5.88 Å². The number of aromatic nitrogens is 2. The summed E-state index contributed by atoms with van der Waals surface area (Å²) in [5, 5.41) is 6.61. The molecule has 0 bridgehead atoms. The van der Waals surface area contributed by atoms with Crippen molar-refractivity contribution in [2.24, 2.45) is 5.92 Å². The van der Waals surface area contributed by atoms with E-state index in [1.807, 2.05) is 0 Å². The maximum Gasteiger partial charge on any atom is 0.423 e. The maximum atomic E-state index is 13.3. The quantitative estimate of drug-likeness (QED) is 0.738. The number of anilines is 1. The van der Waals surface area contributed by atoms with Crippen molar-refractivity contribution in [3.05, 3.63) is 11.8 Å². The fourth-order valence-corrected chi connectivity index (χ4v) is 4.11. The summed E-state index contributed by atoms with van der Waals surface area (Å²) >= 11 is 0. The van der Waals surface area contributed by atoms with Crippen LogP contribution < -0.4 is 15.4 Å². The lowest BCUT2D eigenvalue weighted by atomic mass is 9.96. The highest BCUT2D eigenvalue weighted by atomic mass is 19.4. The smallest absolute Gasteiger partial charge is 0.423 e. The van der Waals surface area contributed by atoms with Crippen molar-refractivity contribution in [2.75, 3.05) is 51.3 Å². The van der Waals surface area contributed by atoms with E-state index in [0.29, 0.717) is 5.92 Å². The normalized spacial score (nSPS) is 24.9. The van der Waals surface area contributed by atoms with E-state index in [4.69, 9.17) is 9.47 Å². The third-order valence-corrected chi connectivity index (χ3v) is 5.76. The molecule has 1 aromatic rings. The van der Waals surface area contributed by atoms with E-state index in [-0.39, 0.29) is 25.2 Å². The zero-order valence-corrected chi connectivity index (χ0v) is 16.4. The maximum absolute atomic E-state index is 13.3. The van der Waals surface area contributed by atoms with Crippen LogP contribution in [0.1, 0.15) is 31.2 Å². The highest BCUT2D eigenvalue weighted by Gasteiger charge is 2.38. The lowest BCUT2D eigenvalue weighted by Gasteiger charge is -2.36. The first-order chi connectivity index (χ1) is 14.0. The van der Waals surface area contributed by atoms with Crippen LogP contribution in [0, 0.1) is 5.92 Å². The number of hydrogen-bond acceptors (Lipinski definition) is 7. The third kappa shape index (κ3) is 5.49. The largest absolute Gasteiger partial charge is 0.469 e. The number of rotatable bonds is 6. The molecule has 29 heavy (non-hydrogen) atoms. The van der Waals surface area contributed by atoms with Gasteiger partial charge in [-0.05, 0) is 51.2 Å². The topological polar surface area (TPSA) is 71.5 Å². The van der Waals surface area contributed by atoms with Crippen LogP contribution in [0.3, 0.4) is 0 Å². The molecule has 7 nitrogen and oxygen atoms in total. The Morgan fingerprint density at radius 1 is 1.24 bits per heavy atom. The number of nitrogens with zero attached hydrogens (tertiary/aromatic N) is 3. The predicted molar refractivity (Wildman–Crippen MR) is 101 cm³/mol. The fourth-order valence-electron chi connectivity index (χ4n) is 4.11. The minimum absolute atomic E-state index is 0.113. The Morgan fingerprint density at radius 3 is 2.72 bits per heavy atom. The fraction of sp³-hybridized carbons (Fsp3) is 0.789. The van der Waals surface area contributed by atoms with Gasteiger partial charge < -0.3 is 25.0 Å². The number of likely N-dealkylation sites (tertiary alicyclic amines) is 1. The highest BCUT2D eigenvalue weighted by Crippen LogP contribution is 2.36. The zero-order valence-electron chi connectivity index (χ0n) is 16.4. The van der Waals surface area contributed by atoms with E-state index in [9.17, 15) is 13.2 Å². The van der Waals surface area contributed by atoms with Gasteiger partial charge in [-0.3, -0.25) is 0 Å². The van der Waals surface area contributed by atoms with E-state index in [0.717, 1.165) is 51.8 Å². The second-order valence-corrected chi connectivity index (χ2v) is 8.12. The second kappa shape index (κ2) is 9.01. The molecule has 0 saturated carbocycles. The van der Waals surface area contributed by atoms with Crippen molar-refractivity contribution in [1.29, 1.82) is 0 Å². The molecule has 0 radical (unpaired) electrons. The highest BCUT2D eigenvalue weighted by molar-refractivity contribution is 5.36. The molecule has 0 aliphatic carbocycles. The molecule has 162 valence electrons. The average Bonchev–Trinajstić information content (AvgIpc) is 2.65. The molecule has 0 spiro atoms. The van der Waals surface area contributed by atoms with Gasteiger partial charge in [0.2, 0.25) is 11.8 Å². The molecule has 3 aliphatic rings. The monoisotopic (exact) mass is 415 g/mol. The number of piperidine rings is 2. The standard InChI is InChI=1S/C19H28F3N5O2/c20-19(21,22)16-8-24-18(26-17(16)29-15-11-28-12-15)25-14-2-1-7-27(10-14)9-13-3-5-23-6-4-13/h8,13-15,23H,1-7,9-12H2,(H,24,25,26)/t14-/m1/s1. The Morgan fingerprint density at radius 2 is 2.03 bits per heavy atom. The van der Waals surface area contributed by atoms with E-state index in [2.05, 4.69) is 25.5 Å². The molecule has 1 aromatic heterocycles. The Hall–Kier alpha value is -1.65. The summed E-state index contributed by atoms with van der Waals surface area (Å²) in [5.74, 6) is 0.467. The van der Waals surface area contributed by atoms with E-state index in [1.54, 1.807) is 0 Å². The number of alkyl halides is 3. The molecule has 2 N–H and O–H groups in total. The van der Waals surface area contributed by atoms with Crippen molar-refractivity contribution < 1.29 is 22.6 Å². The summed E-state index contributed by atoms with van der Waals surface area (Å²) in [6.45, 7) is 5.69. The molecule has 10 heteroatoms. The van der Waals surface area contributed by atoms with Crippen LogP contribution in [-0.2, 0) is 10.9 Å². The molecule has 0 unspecified atom stereocenters. The number of nitrogens with one attached hydrogen (secondary N) is 2. The van der Waals surface area contributed by atoms with Gasteiger partial charge in [-0.15, -0.1) is 0 Å². The molecular formula is C19H28F3N5O2. The molecule has 3 fully saturated rings. The van der Waals surface area contributed by atoms with Gasteiger partial charge in [0.05, 0.1) is 13.2 Å². The summed E-state index contributed by atoms with van der Waals surface area (Å²) in [6.07, 6.45) is 0.235.